The van der Waals surface area contributed by atoms with Gasteiger partial charge in [0.05, 0.1) is 4.99 Å². The molecule has 0 aliphatic carbocycles. The van der Waals surface area contributed by atoms with Crippen molar-refractivity contribution < 1.29 is 0 Å². The molecule has 3 nitrogen and oxygen atoms in total. The molecule has 1 unspecified atom stereocenters. The number of rotatable bonds is 4. The van der Waals surface area contributed by atoms with Crippen LogP contribution in [0.2, 0.25) is 0 Å². The Morgan fingerprint density at radius 2 is 2.21 bits per heavy atom. The van der Waals surface area contributed by atoms with E-state index in [0.717, 1.165) is 12.4 Å². The van der Waals surface area contributed by atoms with Crippen molar-refractivity contribution in [3.63, 3.8) is 0 Å². The standard InChI is InChI=1S/C10H17N3S/c1-7(2)10-12-4-5-13(10)6-8(3)9(11)14/h4-5,7-8H,6H2,1-3H3,(H2,11,14). The van der Waals surface area contributed by atoms with Gasteiger partial charge in [0, 0.05) is 30.8 Å². The zero-order valence-corrected chi connectivity index (χ0v) is 9.71. The zero-order valence-electron chi connectivity index (χ0n) is 8.90. The Labute approximate surface area is 90.3 Å². The first-order valence-corrected chi connectivity index (χ1v) is 5.23. The number of hydrogen-bond acceptors (Lipinski definition) is 2. The van der Waals surface area contributed by atoms with Gasteiger partial charge >= 0.3 is 0 Å². The lowest BCUT2D eigenvalue weighted by Gasteiger charge is -2.14. The lowest BCUT2D eigenvalue weighted by atomic mass is 10.1. The van der Waals surface area contributed by atoms with E-state index in [4.69, 9.17) is 18.0 Å². The van der Waals surface area contributed by atoms with Crippen LogP contribution in [0.3, 0.4) is 0 Å². The van der Waals surface area contributed by atoms with Gasteiger partial charge in [-0.05, 0) is 0 Å². The van der Waals surface area contributed by atoms with Gasteiger partial charge in [-0.1, -0.05) is 33.0 Å². The minimum atomic E-state index is 0.219. The minimum absolute atomic E-state index is 0.219. The van der Waals surface area contributed by atoms with E-state index in [-0.39, 0.29) is 5.92 Å². The molecule has 1 heterocycles. The van der Waals surface area contributed by atoms with E-state index in [2.05, 4.69) is 23.4 Å². The first-order valence-electron chi connectivity index (χ1n) is 4.82. The van der Waals surface area contributed by atoms with E-state index < -0.39 is 0 Å². The van der Waals surface area contributed by atoms with E-state index >= 15 is 0 Å². The molecule has 0 radical (unpaired) electrons. The van der Waals surface area contributed by atoms with E-state index in [0.29, 0.717) is 10.9 Å². The van der Waals surface area contributed by atoms with Gasteiger partial charge in [-0.2, -0.15) is 0 Å². The molecule has 1 aromatic rings. The smallest absolute Gasteiger partial charge is 0.111 e. The molecule has 0 saturated carbocycles. The van der Waals surface area contributed by atoms with Crippen LogP contribution in [-0.4, -0.2) is 14.5 Å². The molecule has 0 aromatic carbocycles. The highest BCUT2D eigenvalue weighted by Gasteiger charge is 2.11. The van der Waals surface area contributed by atoms with E-state index in [1.54, 1.807) is 0 Å². The van der Waals surface area contributed by atoms with Crippen LogP contribution in [0.5, 0.6) is 0 Å². The molecule has 0 bridgehead atoms. The third-order valence-electron chi connectivity index (χ3n) is 2.22. The monoisotopic (exact) mass is 211 g/mol. The summed E-state index contributed by atoms with van der Waals surface area (Å²) in [4.78, 5) is 4.87. The average Bonchev–Trinajstić information content (AvgIpc) is 2.52. The predicted molar refractivity (Wildman–Crippen MR) is 62.3 cm³/mol. The molecule has 0 fully saturated rings. The summed E-state index contributed by atoms with van der Waals surface area (Å²) in [5.41, 5.74) is 5.58. The van der Waals surface area contributed by atoms with Crippen molar-refractivity contribution in [2.75, 3.05) is 0 Å². The van der Waals surface area contributed by atoms with Crippen LogP contribution in [-0.2, 0) is 6.54 Å². The molecule has 1 atom stereocenters. The van der Waals surface area contributed by atoms with Crippen molar-refractivity contribution in [2.45, 2.75) is 33.2 Å². The van der Waals surface area contributed by atoms with Gasteiger partial charge in [-0.15, -0.1) is 0 Å². The molecule has 0 saturated heterocycles. The molecule has 0 aliphatic heterocycles. The maximum Gasteiger partial charge on any atom is 0.111 e. The number of nitrogens with two attached hydrogens (primary N) is 1. The summed E-state index contributed by atoms with van der Waals surface area (Å²) in [5.74, 6) is 1.74. The molecule has 1 aromatic heterocycles. The second kappa shape index (κ2) is 4.55. The van der Waals surface area contributed by atoms with Crippen LogP contribution in [0.25, 0.3) is 0 Å². The fraction of sp³-hybridized carbons (Fsp3) is 0.600. The van der Waals surface area contributed by atoms with Gasteiger partial charge in [0.25, 0.3) is 0 Å². The highest BCUT2D eigenvalue weighted by Crippen LogP contribution is 2.13. The Balaban J connectivity index is 2.76. The van der Waals surface area contributed by atoms with Crippen molar-refractivity contribution in [3.05, 3.63) is 18.2 Å². The fourth-order valence-electron chi connectivity index (χ4n) is 1.36. The van der Waals surface area contributed by atoms with Crippen LogP contribution < -0.4 is 5.73 Å². The van der Waals surface area contributed by atoms with E-state index in [9.17, 15) is 0 Å². The average molecular weight is 211 g/mol. The first kappa shape index (κ1) is 11.2. The van der Waals surface area contributed by atoms with Gasteiger partial charge in [-0.3, -0.25) is 0 Å². The first-order chi connectivity index (χ1) is 6.52. The molecule has 2 N–H and O–H groups in total. The van der Waals surface area contributed by atoms with Crippen molar-refractivity contribution in [3.8, 4) is 0 Å². The number of hydrogen-bond donors (Lipinski definition) is 1. The van der Waals surface area contributed by atoms with Crippen molar-refractivity contribution in [2.24, 2.45) is 11.7 Å². The molecule has 1 rings (SSSR count). The number of thiocarbonyl (C=S) groups is 1. The molecular formula is C10H17N3S. The summed E-state index contributed by atoms with van der Waals surface area (Å²) < 4.78 is 2.12. The molecule has 4 heteroatoms. The number of nitrogens with zero attached hydrogens (tertiary/aromatic N) is 2. The second-order valence-corrected chi connectivity index (χ2v) is 4.37. The van der Waals surface area contributed by atoms with Crippen molar-refractivity contribution >= 4 is 17.2 Å². The van der Waals surface area contributed by atoms with Crippen LogP contribution in [0.1, 0.15) is 32.5 Å². The Kier molecular flexibility index (Phi) is 3.63. The lowest BCUT2D eigenvalue weighted by molar-refractivity contribution is 0.557. The SMILES string of the molecule is CC(Cn1ccnc1C(C)C)C(N)=S. The number of imidazole rings is 1. The Hall–Kier alpha value is -0.900. The van der Waals surface area contributed by atoms with Crippen molar-refractivity contribution in [1.29, 1.82) is 0 Å². The van der Waals surface area contributed by atoms with Crippen LogP contribution in [0.4, 0.5) is 0 Å². The van der Waals surface area contributed by atoms with Crippen LogP contribution in [0, 0.1) is 5.92 Å². The van der Waals surface area contributed by atoms with E-state index in [1.807, 2.05) is 19.3 Å². The number of aromatic nitrogens is 2. The summed E-state index contributed by atoms with van der Waals surface area (Å²) in [6, 6.07) is 0. The lowest BCUT2D eigenvalue weighted by Crippen LogP contribution is -2.23. The largest absolute Gasteiger partial charge is 0.393 e. The highest BCUT2D eigenvalue weighted by molar-refractivity contribution is 7.80. The fourth-order valence-corrected chi connectivity index (χ4v) is 1.44. The van der Waals surface area contributed by atoms with Crippen LogP contribution >= 0.6 is 12.2 Å². The maximum atomic E-state index is 5.58. The Morgan fingerprint density at radius 3 is 2.71 bits per heavy atom. The minimum Gasteiger partial charge on any atom is -0.393 e. The third-order valence-corrected chi connectivity index (χ3v) is 2.62. The highest BCUT2D eigenvalue weighted by atomic mass is 32.1. The zero-order chi connectivity index (χ0) is 10.7. The van der Waals surface area contributed by atoms with Crippen LogP contribution in [0.15, 0.2) is 12.4 Å². The quantitative estimate of drug-likeness (QED) is 0.774. The van der Waals surface area contributed by atoms with Crippen molar-refractivity contribution in [1.82, 2.24) is 9.55 Å². The predicted octanol–water partition coefficient (Wildman–Crippen LogP) is 1.93. The van der Waals surface area contributed by atoms with E-state index in [1.165, 1.54) is 0 Å². The third kappa shape index (κ3) is 2.54. The Morgan fingerprint density at radius 1 is 1.57 bits per heavy atom. The molecule has 78 valence electrons. The molecular weight excluding hydrogens is 194 g/mol. The molecule has 14 heavy (non-hydrogen) atoms. The van der Waals surface area contributed by atoms with Gasteiger partial charge in [-0.25, -0.2) is 4.98 Å². The molecule has 0 amide bonds. The summed E-state index contributed by atoms with van der Waals surface area (Å²) in [7, 11) is 0. The Bertz CT molecular complexity index is 317. The van der Waals surface area contributed by atoms with Gasteiger partial charge < -0.3 is 10.3 Å². The summed E-state index contributed by atoms with van der Waals surface area (Å²) in [6.45, 7) is 7.11. The van der Waals surface area contributed by atoms with Gasteiger partial charge in [0.15, 0.2) is 0 Å². The summed E-state index contributed by atoms with van der Waals surface area (Å²) in [6.07, 6.45) is 3.80. The van der Waals surface area contributed by atoms with Gasteiger partial charge in [0.1, 0.15) is 5.82 Å². The summed E-state index contributed by atoms with van der Waals surface area (Å²) in [5, 5.41) is 0. The van der Waals surface area contributed by atoms with Gasteiger partial charge in [0.2, 0.25) is 0 Å². The summed E-state index contributed by atoms with van der Waals surface area (Å²) >= 11 is 4.94. The molecule has 0 spiro atoms. The second-order valence-electron chi connectivity index (χ2n) is 3.90. The normalized spacial score (nSPS) is 13.1. The topological polar surface area (TPSA) is 43.8 Å². The molecule has 0 aliphatic rings. The maximum absolute atomic E-state index is 5.58.